The number of nitrogens with zero attached hydrogens (tertiary/aromatic N) is 1. The van der Waals surface area contributed by atoms with Gasteiger partial charge in [0.1, 0.15) is 24.1 Å². The molecule has 0 spiro atoms. The summed E-state index contributed by atoms with van der Waals surface area (Å²) in [4.78, 5) is 0. The summed E-state index contributed by atoms with van der Waals surface area (Å²) in [7, 11) is 1.85. The Balaban J connectivity index is 1.93. The predicted octanol–water partition coefficient (Wildman–Crippen LogP) is 0.649. The number of benzene rings is 1. The van der Waals surface area contributed by atoms with Crippen LogP contribution in [0.1, 0.15) is 0 Å². The number of aliphatic hydroxyl groups is 3. The Morgan fingerprint density at radius 2 is 2.10 bits per heavy atom. The quantitative estimate of drug-likeness (QED) is 0.775. The number of halogens is 1. The van der Waals surface area contributed by atoms with Gasteiger partial charge in [-0.2, -0.15) is 0 Å². The zero-order valence-corrected chi connectivity index (χ0v) is 12.1. The lowest BCUT2D eigenvalue weighted by Gasteiger charge is -2.16. The summed E-state index contributed by atoms with van der Waals surface area (Å²) < 4.78 is 12.8. The van der Waals surface area contributed by atoms with Crippen LogP contribution in [0.25, 0.3) is 10.9 Å². The number of hydrogen-bond acceptors (Lipinski definition) is 5. The van der Waals surface area contributed by atoms with Gasteiger partial charge in [-0.05, 0) is 12.1 Å². The van der Waals surface area contributed by atoms with Crippen molar-refractivity contribution in [2.75, 3.05) is 6.61 Å². The van der Waals surface area contributed by atoms with Crippen LogP contribution in [0.2, 0.25) is 5.02 Å². The van der Waals surface area contributed by atoms with E-state index in [0.29, 0.717) is 16.2 Å². The van der Waals surface area contributed by atoms with Gasteiger partial charge in [-0.3, -0.25) is 0 Å². The van der Waals surface area contributed by atoms with Gasteiger partial charge in [-0.25, -0.2) is 0 Å². The number of aryl methyl sites for hydroxylation is 1. The lowest BCUT2D eigenvalue weighted by atomic mass is 10.1. The molecule has 114 valence electrons. The second kappa shape index (κ2) is 5.47. The van der Waals surface area contributed by atoms with Crippen LogP contribution in [0.3, 0.4) is 0 Å². The first kappa shape index (κ1) is 14.6. The van der Waals surface area contributed by atoms with Gasteiger partial charge in [0.25, 0.3) is 0 Å². The number of aromatic nitrogens is 1. The van der Waals surface area contributed by atoms with Crippen LogP contribution >= 0.6 is 11.6 Å². The molecule has 1 aromatic carbocycles. The molecule has 1 saturated heterocycles. The molecular formula is C14H16ClNO5. The van der Waals surface area contributed by atoms with E-state index >= 15 is 0 Å². The first-order valence-electron chi connectivity index (χ1n) is 6.55. The van der Waals surface area contributed by atoms with Crippen LogP contribution in [-0.4, -0.2) is 51.1 Å². The van der Waals surface area contributed by atoms with Crippen LogP contribution in [0.5, 0.6) is 5.75 Å². The molecule has 2 heterocycles. The Kier molecular flexibility index (Phi) is 3.81. The third-order valence-corrected chi connectivity index (χ3v) is 3.99. The summed E-state index contributed by atoms with van der Waals surface area (Å²) in [5, 5.41) is 30.0. The average molecular weight is 314 g/mol. The van der Waals surface area contributed by atoms with Crippen molar-refractivity contribution in [3.8, 4) is 5.75 Å². The molecule has 4 atom stereocenters. The van der Waals surface area contributed by atoms with Gasteiger partial charge in [-0.1, -0.05) is 17.7 Å². The van der Waals surface area contributed by atoms with Crippen LogP contribution in [0, 0.1) is 0 Å². The second-order valence-corrected chi connectivity index (χ2v) is 5.47. The summed E-state index contributed by atoms with van der Waals surface area (Å²) in [6.45, 7) is -0.394. The maximum Gasteiger partial charge on any atom is 0.229 e. The second-order valence-electron chi connectivity index (χ2n) is 5.06. The van der Waals surface area contributed by atoms with Crippen LogP contribution in [0.4, 0.5) is 0 Å². The standard InChI is InChI=1S/C14H16ClNO5/c1-16-5-9(11-7(15)3-2-4-8(11)16)20-14-13(19)12(18)10(6-17)21-14/h2-5,10,12-14,17-19H,6H2,1H3/t10-,12-,13-,14-/m1/s1. The molecule has 0 amide bonds. The predicted molar refractivity (Wildman–Crippen MR) is 76.3 cm³/mol. The van der Waals surface area contributed by atoms with Crippen molar-refractivity contribution in [2.45, 2.75) is 24.6 Å². The first-order chi connectivity index (χ1) is 10.0. The molecule has 3 rings (SSSR count). The van der Waals surface area contributed by atoms with Gasteiger partial charge in [-0.15, -0.1) is 0 Å². The van der Waals surface area contributed by atoms with Crippen molar-refractivity contribution in [1.82, 2.24) is 4.57 Å². The van der Waals surface area contributed by atoms with Crippen molar-refractivity contribution >= 4 is 22.5 Å². The third kappa shape index (κ3) is 2.39. The van der Waals surface area contributed by atoms with Crippen molar-refractivity contribution in [2.24, 2.45) is 7.05 Å². The number of aliphatic hydroxyl groups excluding tert-OH is 3. The van der Waals surface area contributed by atoms with Crippen LogP contribution in [0.15, 0.2) is 24.4 Å². The van der Waals surface area contributed by atoms with E-state index in [1.54, 1.807) is 12.3 Å². The Morgan fingerprint density at radius 1 is 1.33 bits per heavy atom. The van der Waals surface area contributed by atoms with Crippen LogP contribution < -0.4 is 4.74 Å². The van der Waals surface area contributed by atoms with Gasteiger partial charge in [0.15, 0.2) is 0 Å². The van der Waals surface area contributed by atoms with E-state index in [1.165, 1.54) is 0 Å². The smallest absolute Gasteiger partial charge is 0.229 e. The largest absolute Gasteiger partial charge is 0.460 e. The third-order valence-electron chi connectivity index (χ3n) is 3.67. The monoisotopic (exact) mass is 313 g/mol. The SMILES string of the molecule is Cn1cc(O[C@@H]2O[C@H](CO)[C@@H](O)[C@H]2O)c2c(Cl)cccc21. The zero-order valence-electron chi connectivity index (χ0n) is 11.3. The zero-order chi connectivity index (χ0) is 15.1. The van der Waals surface area contributed by atoms with E-state index < -0.39 is 31.2 Å². The number of ether oxygens (including phenoxy) is 2. The van der Waals surface area contributed by atoms with Crippen molar-refractivity contribution in [3.05, 3.63) is 29.4 Å². The summed E-state index contributed by atoms with van der Waals surface area (Å²) in [5.41, 5.74) is 0.879. The van der Waals surface area contributed by atoms with E-state index in [1.807, 2.05) is 23.7 Å². The number of rotatable bonds is 3. The minimum absolute atomic E-state index is 0.394. The van der Waals surface area contributed by atoms with E-state index in [-0.39, 0.29) is 0 Å². The maximum absolute atomic E-state index is 9.92. The molecule has 0 saturated carbocycles. The minimum atomic E-state index is -1.24. The molecule has 0 unspecified atom stereocenters. The molecule has 0 bridgehead atoms. The topological polar surface area (TPSA) is 84.1 Å². The molecule has 0 aliphatic carbocycles. The fourth-order valence-corrected chi connectivity index (χ4v) is 2.80. The van der Waals surface area contributed by atoms with Gasteiger partial charge in [0.05, 0.1) is 22.5 Å². The highest BCUT2D eigenvalue weighted by atomic mass is 35.5. The number of hydrogen-bond donors (Lipinski definition) is 3. The molecule has 7 heteroatoms. The Morgan fingerprint density at radius 3 is 2.76 bits per heavy atom. The molecule has 2 aromatic rings. The Hall–Kier alpha value is -1.31. The molecule has 0 radical (unpaired) electrons. The molecule has 21 heavy (non-hydrogen) atoms. The fourth-order valence-electron chi connectivity index (χ4n) is 2.54. The summed E-state index contributed by atoms with van der Waals surface area (Å²) in [6, 6.07) is 5.47. The molecule has 1 aliphatic heterocycles. The van der Waals surface area contributed by atoms with E-state index in [2.05, 4.69) is 0 Å². The highest BCUT2D eigenvalue weighted by Crippen LogP contribution is 2.35. The Bertz CT molecular complexity index is 658. The molecule has 1 aliphatic rings. The molecule has 3 N–H and O–H groups in total. The normalized spacial score (nSPS) is 29.2. The lowest BCUT2D eigenvalue weighted by molar-refractivity contribution is -0.115. The van der Waals surface area contributed by atoms with Crippen molar-refractivity contribution < 1.29 is 24.8 Å². The summed E-state index contributed by atoms with van der Waals surface area (Å²) in [6.07, 6.45) is -2.62. The van der Waals surface area contributed by atoms with Crippen molar-refractivity contribution in [3.63, 3.8) is 0 Å². The Labute approximate surface area is 126 Å². The highest BCUT2D eigenvalue weighted by molar-refractivity contribution is 6.36. The molecular weight excluding hydrogens is 298 g/mol. The minimum Gasteiger partial charge on any atom is -0.460 e. The summed E-state index contributed by atoms with van der Waals surface area (Å²) in [5.74, 6) is 0.452. The van der Waals surface area contributed by atoms with E-state index in [0.717, 1.165) is 5.52 Å². The molecule has 1 fully saturated rings. The van der Waals surface area contributed by atoms with Crippen molar-refractivity contribution in [1.29, 1.82) is 0 Å². The molecule has 1 aromatic heterocycles. The lowest BCUT2D eigenvalue weighted by Crippen LogP contribution is -2.35. The van der Waals surface area contributed by atoms with E-state index in [4.69, 9.17) is 26.2 Å². The molecule has 6 nitrogen and oxygen atoms in total. The van der Waals surface area contributed by atoms with Crippen LogP contribution in [-0.2, 0) is 11.8 Å². The van der Waals surface area contributed by atoms with Gasteiger partial charge < -0.3 is 29.4 Å². The number of fused-ring (bicyclic) bond motifs is 1. The summed E-state index contributed by atoms with van der Waals surface area (Å²) >= 11 is 6.20. The first-order valence-corrected chi connectivity index (χ1v) is 6.93. The van der Waals surface area contributed by atoms with Gasteiger partial charge >= 0.3 is 0 Å². The maximum atomic E-state index is 9.92. The average Bonchev–Trinajstić information content (AvgIpc) is 2.92. The highest BCUT2D eigenvalue weighted by Gasteiger charge is 2.44. The van der Waals surface area contributed by atoms with Gasteiger partial charge in [0, 0.05) is 13.2 Å². The fraction of sp³-hybridized carbons (Fsp3) is 0.429. The van der Waals surface area contributed by atoms with E-state index in [9.17, 15) is 10.2 Å². The van der Waals surface area contributed by atoms with Gasteiger partial charge in [0.2, 0.25) is 6.29 Å².